The van der Waals surface area contributed by atoms with Crippen molar-refractivity contribution < 1.29 is 14.5 Å². The molecule has 0 spiro atoms. The summed E-state index contributed by atoms with van der Waals surface area (Å²) in [6, 6.07) is 10.7. The molecule has 2 aromatic rings. The molecule has 0 saturated heterocycles. The third kappa shape index (κ3) is 4.00. The number of hydrogen-bond donors (Lipinski definition) is 1. The molecule has 1 N–H and O–H groups in total. The Hall–Kier alpha value is -2.96. The number of ether oxygens (including phenoxy) is 1. The zero-order valence-corrected chi connectivity index (χ0v) is 11.2. The molecule has 2 rings (SSSR count). The van der Waals surface area contributed by atoms with E-state index < -0.39 is 11.0 Å². The second kappa shape index (κ2) is 6.47. The molecule has 21 heavy (non-hydrogen) atoms. The van der Waals surface area contributed by atoms with Crippen LogP contribution in [0.2, 0.25) is 0 Å². The standard InChI is InChI=1S/C14H13N3O4/c1-10(14(18)16-13-4-2-3-9-15-13)21-12-7-5-11(6-8-12)17(19)20/h2-10H,1H3,(H,15,16,18)/t10-/m1/s1. The number of nitro benzene ring substituents is 1. The lowest BCUT2D eigenvalue weighted by atomic mass is 10.3. The second-order valence-corrected chi connectivity index (χ2v) is 4.22. The first-order valence-electron chi connectivity index (χ1n) is 6.19. The minimum atomic E-state index is -0.756. The van der Waals surface area contributed by atoms with E-state index in [1.54, 1.807) is 31.3 Å². The lowest BCUT2D eigenvalue weighted by Gasteiger charge is -2.14. The van der Waals surface area contributed by atoms with Crippen molar-refractivity contribution in [1.29, 1.82) is 0 Å². The molecule has 1 atom stereocenters. The van der Waals surface area contributed by atoms with Crippen LogP contribution >= 0.6 is 0 Å². The van der Waals surface area contributed by atoms with Crippen molar-refractivity contribution >= 4 is 17.4 Å². The summed E-state index contributed by atoms with van der Waals surface area (Å²) in [5, 5.41) is 13.1. The van der Waals surface area contributed by atoms with Crippen molar-refractivity contribution in [2.24, 2.45) is 0 Å². The van der Waals surface area contributed by atoms with E-state index in [9.17, 15) is 14.9 Å². The summed E-state index contributed by atoms with van der Waals surface area (Å²) in [6.07, 6.45) is 0.811. The molecule has 0 aliphatic heterocycles. The molecule has 1 heterocycles. The maximum Gasteiger partial charge on any atom is 0.269 e. The number of nitrogens with zero attached hydrogens (tertiary/aromatic N) is 2. The first kappa shape index (κ1) is 14.4. The highest BCUT2D eigenvalue weighted by atomic mass is 16.6. The number of carbonyl (C=O) groups is 1. The van der Waals surface area contributed by atoms with Crippen LogP contribution in [0, 0.1) is 10.1 Å². The number of amides is 1. The Morgan fingerprint density at radius 2 is 2.00 bits per heavy atom. The summed E-state index contributed by atoms with van der Waals surface area (Å²) in [7, 11) is 0. The number of rotatable bonds is 5. The summed E-state index contributed by atoms with van der Waals surface area (Å²) >= 11 is 0. The van der Waals surface area contributed by atoms with Gasteiger partial charge in [0.1, 0.15) is 11.6 Å². The Kier molecular flexibility index (Phi) is 4.45. The number of nitro groups is 1. The average Bonchev–Trinajstić information content (AvgIpc) is 2.48. The minimum absolute atomic E-state index is 0.0343. The zero-order valence-electron chi connectivity index (χ0n) is 11.2. The smallest absolute Gasteiger partial charge is 0.269 e. The van der Waals surface area contributed by atoms with E-state index in [2.05, 4.69) is 10.3 Å². The molecule has 0 fully saturated rings. The van der Waals surface area contributed by atoms with Crippen LogP contribution in [0.3, 0.4) is 0 Å². The highest BCUT2D eigenvalue weighted by Crippen LogP contribution is 2.18. The number of benzene rings is 1. The van der Waals surface area contributed by atoms with E-state index in [4.69, 9.17) is 4.74 Å². The molecule has 7 nitrogen and oxygen atoms in total. The largest absolute Gasteiger partial charge is 0.481 e. The minimum Gasteiger partial charge on any atom is -0.481 e. The van der Waals surface area contributed by atoms with Crippen LogP contribution in [0.5, 0.6) is 5.75 Å². The predicted octanol–water partition coefficient (Wildman–Crippen LogP) is 2.40. The van der Waals surface area contributed by atoms with Crippen molar-refractivity contribution in [3.63, 3.8) is 0 Å². The van der Waals surface area contributed by atoms with Gasteiger partial charge in [-0.15, -0.1) is 0 Å². The summed E-state index contributed by atoms with van der Waals surface area (Å²) in [6.45, 7) is 1.58. The van der Waals surface area contributed by atoms with Crippen LogP contribution < -0.4 is 10.1 Å². The fourth-order valence-corrected chi connectivity index (χ4v) is 1.57. The number of nitrogens with one attached hydrogen (secondary N) is 1. The number of pyridine rings is 1. The fourth-order valence-electron chi connectivity index (χ4n) is 1.57. The lowest BCUT2D eigenvalue weighted by Crippen LogP contribution is -2.30. The molecule has 1 aromatic heterocycles. The van der Waals surface area contributed by atoms with Crippen LogP contribution in [0.1, 0.15) is 6.92 Å². The van der Waals surface area contributed by atoms with Crippen molar-refractivity contribution in [2.45, 2.75) is 13.0 Å². The maximum absolute atomic E-state index is 11.9. The molecule has 0 saturated carbocycles. The van der Waals surface area contributed by atoms with Crippen LogP contribution in [0.15, 0.2) is 48.7 Å². The number of anilines is 1. The zero-order chi connectivity index (χ0) is 15.2. The number of carbonyl (C=O) groups excluding carboxylic acids is 1. The SMILES string of the molecule is C[C@@H](Oc1ccc([N+](=O)[O-])cc1)C(=O)Nc1ccccn1. The maximum atomic E-state index is 11.9. The topological polar surface area (TPSA) is 94.4 Å². The van der Waals surface area contributed by atoms with Crippen LogP contribution in [0.25, 0.3) is 0 Å². The highest BCUT2D eigenvalue weighted by Gasteiger charge is 2.15. The van der Waals surface area contributed by atoms with E-state index in [0.717, 1.165) is 0 Å². The predicted molar refractivity (Wildman–Crippen MR) is 76.1 cm³/mol. The Morgan fingerprint density at radius 3 is 2.57 bits per heavy atom. The van der Waals surface area contributed by atoms with E-state index in [0.29, 0.717) is 11.6 Å². The van der Waals surface area contributed by atoms with Gasteiger partial charge in [-0.2, -0.15) is 0 Å². The quantitative estimate of drug-likeness (QED) is 0.673. The van der Waals surface area contributed by atoms with Gasteiger partial charge in [0.15, 0.2) is 6.10 Å². The van der Waals surface area contributed by atoms with Crippen molar-refractivity contribution in [3.8, 4) is 5.75 Å². The van der Waals surface area contributed by atoms with Crippen LogP contribution in [0.4, 0.5) is 11.5 Å². The Labute approximate surface area is 120 Å². The van der Waals surface area contributed by atoms with Crippen molar-refractivity contribution in [1.82, 2.24) is 4.98 Å². The summed E-state index contributed by atoms with van der Waals surface area (Å²) in [5.74, 6) is 0.456. The fraction of sp³-hybridized carbons (Fsp3) is 0.143. The van der Waals surface area contributed by atoms with E-state index in [1.807, 2.05) is 0 Å². The van der Waals surface area contributed by atoms with Gasteiger partial charge in [0.25, 0.3) is 11.6 Å². The average molecular weight is 287 g/mol. The van der Waals surface area contributed by atoms with Gasteiger partial charge in [-0.3, -0.25) is 14.9 Å². The summed E-state index contributed by atoms with van der Waals surface area (Å²) in [4.78, 5) is 25.9. The van der Waals surface area contributed by atoms with E-state index in [1.165, 1.54) is 24.3 Å². The van der Waals surface area contributed by atoms with Gasteiger partial charge in [0.05, 0.1) is 4.92 Å². The molecule has 0 aliphatic rings. The molecule has 7 heteroatoms. The summed E-state index contributed by atoms with van der Waals surface area (Å²) < 4.78 is 5.42. The first-order valence-corrected chi connectivity index (χ1v) is 6.19. The molecular weight excluding hydrogens is 274 g/mol. The van der Waals surface area contributed by atoms with Crippen LogP contribution in [-0.2, 0) is 4.79 Å². The van der Waals surface area contributed by atoms with Gasteiger partial charge in [-0.05, 0) is 31.2 Å². The third-order valence-electron chi connectivity index (χ3n) is 2.65. The van der Waals surface area contributed by atoms with Crippen LogP contribution in [-0.4, -0.2) is 21.9 Å². The molecule has 1 aromatic carbocycles. The molecular formula is C14H13N3O4. The molecule has 0 radical (unpaired) electrons. The lowest BCUT2D eigenvalue weighted by molar-refractivity contribution is -0.384. The van der Waals surface area contributed by atoms with E-state index in [-0.39, 0.29) is 11.6 Å². The first-order chi connectivity index (χ1) is 10.1. The monoisotopic (exact) mass is 287 g/mol. The summed E-state index contributed by atoms with van der Waals surface area (Å²) in [5.41, 5.74) is -0.0343. The van der Waals surface area contributed by atoms with E-state index >= 15 is 0 Å². The Balaban J connectivity index is 1.95. The second-order valence-electron chi connectivity index (χ2n) is 4.22. The number of hydrogen-bond acceptors (Lipinski definition) is 5. The van der Waals surface area contributed by atoms with Gasteiger partial charge < -0.3 is 10.1 Å². The highest BCUT2D eigenvalue weighted by molar-refractivity contribution is 5.93. The van der Waals surface area contributed by atoms with Gasteiger partial charge in [-0.25, -0.2) is 4.98 Å². The van der Waals surface area contributed by atoms with Gasteiger partial charge in [-0.1, -0.05) is 6.07 Å². The number of non-ortho nitro benzene ring substituents is 1. The van der Waals surface area contributed by atoms with Gasteiger partial charge in [0.2, 0.25) is 0 Å². The van der Waals surface area contributed by atoms with Crippen molar-refractivity contribution in [3.05, 3.63) is 58.8 Å². The van der Waals surface area contributed by atoms with Gasteiger partial charge >= 0.3 is 0 Å². The molecule has 0 bridgehead atoms. The van der Waals surface area contributed by atoms with Crippen molar-refractivity contribution in [2.75, 3.05) is 5.32 Å². The number of aromatic nitrogens is 1. The molecule has 0 aliphatic carbocycles. The third-order valence-corrected chi connectivity index (χ3v) is 2.65. The Bertz CT molecular complexity index is 628. The molecule has 0 unspecified atom stereocenters. The Morgan fingerprint density at radius 1 is 1.29 bits per heavy atom. The normalized spacial score (nSPS) is 11.5. The molecule has 1 amide bonds. The van der Waals surface area contributed by atoms with Gasteiger partial charge in [0, 0.05) is 18.3 Å². The molecule has 108 valence electrons.